The first-order chi connectivity index (χ1) is 8.99. The predicted octanol–water partition coefficient (Wildman–Crippen LogP) is 3.02. The van der Waals surface area contributed by atoms with E-state index in [0.717, 1.165) is 18.4 Å². The number of rotatable bonds is 4. The van der Waals surface area contributed by atoms with Crippen LogP contribution in [0.15, 0.2) is 24.3 Å². The maximum Gasteiger partial charge on any atom is 0.573 e. The molecule has 3 nitrogen and oxygen atoms in total. The van der Waals surface area contributed by atoms with Gasteiger partial charge in [-0.05, 0) is 37.6 Å². The van der Waals surface area contributed by atoms with Gasteiger partial charge in [-0.3, -0.25) is 0 Å². The number of halogens is 3. The van der Waals surface area contributed by atoms with Gasteiger partial charge in [0.2, 0.25) is 0 Å². The van der Waals surface area contributed by atoms with Gasteiger partial charge in [0.05, 0.1) is 12.1 Å². The lowest BCUT2D eigenvalue weighted by molar-refractivity contribution is -0.274. The first-order valence-corrected chi connectivity index (χ1v) is 6.14. The fourth-order valence-corrected chi connectivity index (χ4v) is 2.34. The minimum atomic E-state index is -4.67. The van der Waals surface area contributed by atoms with Crippen molar-refractivity contribution in [2.24, 2.45) is 0 Å². The lowest BCUT2D eigenvalue weighted by atomic mass is 9.99. The van der Waals surface area contributed by atoms with Gasteiger partial charge in [-0.1, -0.05) is 12.1 Å². The summed E-state index contributed by atoms with van der Waals surface area (Å²) in [5.41, 5.74) is 0.733. The summed E-state index contributed by atoms with van der Waals surface area (Å²) in [6.45, 7) is 0.696. The summed E-state index contributed by atoms with van der Waals surface area (Å²) >= 11 is 0. The molecule has 19 heavy (non-hydrogen) atoms. The van der Waals surface area contributed by atoms with Crippen LogP contribution in [0.5, 0.6) is 5.75 Å². The van der Waals surface area contributed by atoms with Gasteiger partial charge < -0.3 is 14.8 Å². The summed E-state index contributed by atoms with van der Waals surface area (Å²) in [6, 6.07) is 5.89. The summed E-state index contributed by atoms with van der Waals surface area (Å²) in [7, 11) is 1.77. The number of alkyl halides is 3. The topological polar surface area (TPSA) is 30.5 Å². The Morgan fingerprint density at radius 3 is 2.79 bits per heavy atom. The molecule has 1 aliphatic rings. The van der Waals surface area contributed by atoms with Crippen molar-refractivity contribution in [2.75, 3.05) is 13.7 Å². The van der Waals surface area contributed by atoms with Crippen LogP contribution in [0.3, 0.4) is 0 Å². The average molecular weight is 275 g/mol. The van der Waals surface area contributed by atoms with Gasteiger partial charge in [0.15, 0.2) is 0 Å². The Hall–Kier alpha value is -1.27. The van der Waals surface area contributed by atoms with Crippen LogP contribution >= 0.6 is 0 Å². The molecule has 0 spiro atoms. The SMILES string of the molecule is CNC(c1cccc(OC(F)(F)F)c1)C1CCCO1. The van der Waals surface area contributed by atoms with Crippen molar-refractivity contribution in [1.82, 2.24) is 5.32 Å². The highest BCUT2D eigenvalue weighted by molar-refractivity contribution is 5.31. The third kappa shape index (κ3) is 3.84. The van der Waals surface area contributed by atoms with Gasteiger partial charge in [-0.2, -0.15) is 0 Å². The van der Waals surface area contributed by atoms with E-state index in [-0.39, 0.29) is 17.9 Å². The summed E-state index contributed by atoms with van der Waals surface area (Å²) in [5, 5.41) is 3.09. The van der Waals surface area contributed by atoms with Crippen molar-refractivity contribution >= 4 is 0 Å². The van der Waals surface area contributed by atoms with Crippen LogP contribution in [0.25, 0.3) is 0 Å². The van der Waals surface area contributed by atoms with Gasteiger partial charge in [0, 0.05) is 6.61 Å². The lowest BCUT2D eigenvalue weighted by Gasteiger charge is -2.23. The molecule has 0 aromatic heterocycles. The van der Waals surface area contributed by atoms with Crippen LogP contribution in [-0.4, -0.2) is 26.1 Å². The van der Waals surface area contributed by atoms with E-state index in [1.165, 1.54) is 12.1 Å². The standard InChI is InChI=1S/C13H16F3NO2/c1-17-12(11-6-3-7-18-11)9-4-2-5-10(8-9)19-13(14,15)16/h2,4-5,8,11-12,17H,3,6-7H2,1H3. The Kier molecular flexibility index (Phi) is 4.31. The first kappa shape index (κ1) is 14.1. The van der Waals surface area contributed by atoms with Crippen molar-refractivity contribution in [3.05, 3.63) is 29.8 Å². The van der Waals surface area contributed by atoms with Gasteiger partial charge in [0.25, 0.3) is 0 Å². The Morgan fingerprint density at radius 1 is 1.42 bits per heavy atom. The predicted molar refractivity (Wildman–Crippen MR) is 63.9 cm³/mol. The molecule has 106 valence electrons. The fourth-order valence-electron chi connectivity index (χ4n) is 2.34. The molecule has 0 saturated carbocycles. The molecule has 2 atom stereocenters. The zero-order valence-corrected chi connectivity index (χ0v) is 10.5. The van der Waals surface area contributed by atoms with E-state index in [0.29, 0.717) is 6.61 Å². The van der Waals surface area contributed by atoms with E-state index in [4.69, 9.17) is 4.74 Å². The average Bonchev–Trinajstić information content (AvgIpc) is 2.82. The zero-order chi connectivity index (χ0) is 13.9. The number of benzene rings is 1. The maximum absolute atomic E-state index is 12.2. The van der Waals surface area contributed by atoms with Crippen molar-refractivity contribution in [2.45, 2.75) is 31.3 Å². The Labute approximate surface area is 109 Å². The van der Waals surface area contributed by atoms with Gasteiger partial charge in [-0.25, -0.2) is 0 Å². The summed E-state index contributed by atoms with van der Waals surface area (Å²) in [6.07, 6.45) is -2.80. The van der Waals surface area contributed by atoms with Crippen molar-refractivity contribution in [3.63, 3.8) is 0 Å². The quantitative estimate of drug-likeness (QED) is 0.916. The van der Waals surface area contributed by atoms with Gasteiger partial charge in [0.1, 0.15) is 5.75 Å². The molecule has 1 aromatic rings. The van der Waals surface area contributed by atoms with Crippen molar-refractivity contribution < 1.29 is 22.6 Å². The van der Waals surface area contributed by atoms with E-state index in [2.05, 4.69) is 10.1 Å². The molecule has 0 bridgehead atoms. The Bertz CT molecular complexity index is 417. The lowest BCUT2D eigenvalue weighted by Crippen LogP contribution is -2.29. The third-order valence-electron chi connectivity index (χ3n) is 3.10. The number of nitrogens with one attached hydrogen (secondary N) is 1. The molecule has 1 heterocycles. The van der Waals surface area contributed by atoms with Crippen molar-refractivity contribution in [3.8, 4) is 5.75 Å². The second-order valence-electron chi connectivity index (χ2n) is 4.44. The Balaban J connectivity index is 2.16. The minimum Gasteiger partial charge on any atom is -0.406 e. The summed E-state index contributed by atoms with van der Waals surface area (Å²) in [5.74, 6) is -0.205. The number of hydrogen-bond acceptors (Lipinski definition) is 3. The summed E-state index contributed by atoms with van der Waals surface area (Å²) in [4.78, 5) is 0. The van der Waals surface area contributed by atoms with Crippen LogP contribution < -0.4 is 10.1 Å². The van der Waals surface area contributed by atoms with E-state index in [9.17, 15) is 13.2 Å². The first-order valence-electron chi connectivity index (χ1n) is 6.14. The monoisotopic (exact) mass is 275 g/mol. The van der Waals surface area contributed by atoms with E-state index >= 15 is 0 Å². The maximum atomic E-state index is 12.2. The molecule has 0 amide bonds. The van der Waals surface area contributed by atoms with Gasteiger partial charge in [-0.15, -0.1) is 13.2 Å². The Morgan fingerprint density at radius 2 is 2.21 bits per heavy atom. The van der Waals surface area contributed by atoms with Crippen LogP contribution in [0.2, 0.25) is 0 Å². The van der Waals surface area contributed by atoms with Crippen LogP contribution in [0.4, 0.5) is 13.2 Å². The molecule has 1 fully saturated rings. The number of hydrogen-bond donors (Lipinski definition) is 1. The van der Waals surface area contributed by atoms with E-state index < -0.39 is 6.36 Å². The third-order valence-corrected chi connectivity index (χ3v) is 3.10. The van der Waals surface area contributed by atoms with Crippen LogP contribution in [0, 0.1) is 0 Å². The molecular formula is C13H16F3NO2. The second kappa shape index (κ2) is 5.79. The normalized spacial score (nSPS) is 21.4. The largest absolute Gasteiger partial charge is 0.573 e. The molecule has 2 unspecified atom stereocenters. The molecule has 1 N–H and O–H groups in total. The van der Waals surface area contributed by atoms with Gasteiger partial charge >= 0.3 is 6.36 Å². The molecule has 2 rings (SSSR count). The fraction of sp³-hybridized carbons (Fsp3) is 0.538. The van der Waals surface area contributed by atoms with Crippen molar-refractivity contribution in [1.29, 1.82) is 0 Å². The van der Waals surface area contributed by atoms with Crippen LogP contribution in [-0.2, 0) is 4.74 Å². The van der Waals surface area contributed by atoms with Crippen LogP contribution in [0.1, 0.15) is 24.4 Å². The molecule has 1 aromatic carbocycles. The molecule has 0 radical (unpaired) electrons. The van der Waals surface area contributed by atoms with E-state index in [1.54, 1.807) is 19.2 Å². The number of ether oxygens (including phenoxy) is 2. The summed E-state index contributed by atoms with van der Waals surface area (Å²) < 4.78 is 46.1. The molecule has 6 heteroatoms. The molecular weight excluding hydrogens is 259 g/mol. The molecule has 1 saturated heterocycles. The van der Waals surface area contributed by atoms with E-state index in [1.807, 2.05) is 0 Å². The highest BCUT2D eigenvalue weighted by atomic mass is 19.4. The molecule has 1 aliphatic heterocycles. The smallest absolute Gasteiger partial charge is 0.406 e. The zero-order valence-electron chi connectivity index (χ0n) is 10.5. The number of likely N-dealkylation sites (N-methyl/N-ethyl adjacent to an activating group) is 1. The highest BCUT2D eigenvalue weighted by Gasteiger charge is 2.32. The second-order valence-corrected chi connectivity index (χ2v) is 4.44. The molecule has 0 aliphatic carbocycles. The minimum absolute atomic E-state index is 0.00821. The highest BCUT2D eigenvalue weighted by Crippen LogP contribution is 2.30.